The molecule has 0 saturated carbocycles. The number of halogens is 1. The molecular weight excluding hydrogens is 364 g/mol. The molecule has 1 aromatic carbocycles. The Balaban J connectivity index is 2.04. The van der Waals surface area contributed by atoms with Gasteiger partial charge in [-0.05, 0) is 31.8 Å². The van der Waals surface area contributed by atoms with Crippen LogP contribution < -0.4 is 5.32 Å². The topological polar surface area (TPSA) is 48.5 Å². The number of carbonyl (C=O) groups excluding carboxylic acids is 1. The molecule has 2 amide bonds. The van der Waals surface area contributed by atoms with Crippen molar-refractivity contribution in [2.75, 3.05) is 32.5 Å². The van der Waals surface area contributed by atoms with Crippen LogP contribution in [0.25, 0.3) is 0 Å². The van der Waals surface area contributed by atoms with Gasteiger partial charge in [0.25, 0.3) is 0 Å². The van der Waals surface area contributed by atoms with Gasteiger partial charge < -0.3 is 9.80 Å². The van der Waals surface area contributed by atoms with E-state index < -0.39 is 0 Å². The zero-order valence-corrected chi connectivity index (χ0v) is 15.0. The predicted molar refractivity (Wildman–Crippen MR) is 94.2 cm³/mol. The molecule has 0 atom stereocenters. The van der Waals surface area contributed by atoms with Crippen LogP contribution in [0.4, 0.5) is 9.93 Å². The number of nitrogens with zero attached hydrogens (tertiary/aromatic N) is 3. The van der Waals surface area contributed by atoms with E-state index in [-0.39, 0.29) is 6.03 Å². The molecule has 0 bridgehead atoms. The second kappa shape index (κ2) is 8.26. The summed E-state index contributed by atoms with van der Waals surface area (Å²) in [7, 11) is 3.99. The zero-order valence-electron chi connectivity index (χ0n) is 12.6. The van der Waals surface area contributed by atoms with Gasteiger partial charge in [-0.2, -0.15) is 0 Å². The number of hydrogen-bond acceptors (Lipinski definition) is 4. The summed E-state index contributed by atoms with van der Waals surface area (Å²) >= 11 is 4.84. The summed E-state index contributed by atoms with van der Waals surface area (Å²) in [5, 5.41) is 5.31. The van der Waals surface area contributed by atoms with Gasteiger partial charge in [-0.15, -0.1) is 11.3 Å². The molecule has 1 N–H and O–H groups in total. The van der Waals surface area contributed by atoms with E-state index in [1.165, 1.54) is 11.3 Å². The third-order valence-corrected chi connectivity index (χ3v) is 4.25. The molecule has 1 heterocycles. The van der Waals surface area contributed by atoms with Gasteiger partial charge in [0.15, 0.2) is 5.13 Å². The summed E-state index contributed by atoms with van der Waals surface area (Å²) in [6, 6.07) is 7.88. The van der Waals surface area contributed by atoms with Crippen molar-refractivity contribution in [1.82, 2.24) is 14.8 Å². The van der Waals surface area contributed by atoms with E-state index in [1.807, 2.05) is 43.7 Å². The maximum Gasteiger partial charge on any atom is 0.323 e. The molecule has 0 saturated heterocycles. The SMILES string of the molecule is CN(C)CCN(Cc1ccc(Br)cc1)C(=O)Nc1nccs1. The summed E-state index contributed by atoms with van der Waals surface area (Å²) in [5.41, 5.74) is 1.09. The number of nitrogens with one attached hydrogen (secondary N) is 1. The Bertz CT molecular complexity index is 586. The van der Waals surface area contributed by atoms with Crippen LogP contribution in [-0.4, -0.2) is 48.0 Å². The average Bonchev–Trinajstić information content (AvgIpc) is 2.98. The molecule has 22 heavy (non-hydrogen) atoms. The number of carbonyl (C=O) groups is 1. The van der Waals surface area contributed by atoms with Gasteiger partial charge in [-0.25, -0.2) is 9.78 Å². The molecular formula is C15H19BrN4OS. The van der Waals surface area contributed by atoms with Crippen LogP contribution >= 0.6 is 27.3 Å². The number of urea groups is 1. The molecule has 0 aliphatic carbocycles. The number of hydrogen-bond donors (Lipinski definition) is 1. The Labute approximate surface area is 143 Å². The van der Waals surface area contributed by atoms with Gasteiger partial charge >= 0.3 is 6.03 Å². The summed E-state index contributed by atoms with van der Waals surface area (Å²) in [6.45, 7) is 2.03. The minimum Gasteiger partial charge on any atom is -0.319 e. The van der Waals surface area contributed by atoms with Gasteiger partial charge in [-0.1, -0.05) is 28.1 Å². The summed E-state index contributed by atoms with van der Waals surface area (Å²) in [6.07, 6.45) is 1.68. The van der Waals surface area contributed by atoms with Crippen LogP contribution in [0.2, 0.25) is 0 Å². The fraction of sp³-hybridized carbons (Fsp3) is 0.333. The molecule has 0 aliphatic rings. The molecule has 0 radical (unpaired) electrons. The van der Waals surface area contributed by atoms with Crippen LogP contribution in [0.3, 0.4) is 0 Å². The van der Waals surface area contributed by atoms with E-state index in [1.54, 1.807) is 11.1 Å². The third-order valence-electron chi connectivity index (χ3n) is 3.04. The number of rotatable bonds is 6. The lowest BCUT2D eigenvalue weighted by Crippen LogP contribution is -2.38. The highest BCUT2D eigenvalue weighted by atomic mass is 79.9. The summed E-state index contributed by atoms with van der Waals surface area (Å²) < 4.78 is 1.03. The fourth-order valence-corrected chi connectivity index (χ4v) is 2.62. The van der Waals surface area contributed by atoms with Crippen molar-refractivity contribution in [3.05, 3.63) is 45.9 Å². The van der Waals surface area contributed by atoms with E-state index in [9.17, 15) is 4.79 Å². The Morgan fingerprint density at radius 1 is 1.27 bits per heavy atom. The van der Waals surface area contributed by atoms with Gasteiger partial charge in [-0.3, -0.25) is 5.32 Å². The molecule has 5 nitrogen and oxygen atoms in total. The van der Waals surface area contributed by atoms with Crippen LogP contribution in [0.15, 0.2) is 40.3 Å². The Kier molecular flexibility index (Phi) is 6.35. The maximum atomic E-state index is 12.4. The number of likely N-dealkylation sites (N-methyl/N-ethyl adjacent to an activating group) is 1. The fourth-order valence-electron chi connectivity index (χ4n) is 1.84. The predicted octanol–water partition coefficient (Wildman–Crippen LogP) is 3.50. The highest BCUT2D eigenvalue weighted by Crippen LogP contribution is 2.15. The smallest absolute Gasteiger partial charge is 0.319 e. The molecule has 0 aliphatic heterocycles. The number of benzene rings is 1. The largest absolute Gasteiger partial charge is 0.323 e. The highest BCUT2D eigenvalue weighted by molar-refractivity contribution is 9.10. The van der Waals surface area contributed by atoms with Gasteiger partial charge in [0.05, 0.1) is 0 Å². The molecule has 2 rings (SSSR count). The van der Waals surface area contributed by atoms with Crippen molar-refractivity contribution in [3.8, 4) is 0 Å². The van der Waals surface area contributed by atoms with Crippen LogP contribution in [0, 0.1) is 0 Å². The van der Waals surface area contributed by atoms with Crippen molar-refractivity contribution < 1.29 is 4.79 Å². The van der Waals surface area contributed by atoms with E-state index in [0.29, 0.717) is 18.2 Å². The Hall–Kier alpha value is -1.44. The lowest BCUT2D eigenvalue weighted by Gasteiger charge is -2.24. The van der Waals surface area contributed by atoms with Crippen molar-refractivity contribution in [2.45, 2.75) is 6.54 Å². The van der Waals surface area contributed by atoms with Crippen LogP contribution in [-0.2, 0) is 6.54 Å². The number of thiazole rings is 1. The van der Waals surface area contributed by atoms with Gasteiger partial charge in [0.1, 0.15) is 0 Å². The second-order valence-electron chi connectivity index (χ2n) is 5.12. The maximum absolute atomic E-state index is 12.4. The van der Waals surface area contributed by atoms with E-state index in [0.717, 1.165) is 16.6 Å². The van der Waals surface area contributed by atoms with Crippen molar-refractivity contribution >= 4 is 38.4 Å². The van der Waals surface area contributed by atoms with Gasteiger partial charge in [0, 0.05) is 35.7 Å². The normalized spacial score (nSPS) is 10.7. The van der Waals surface area contributed by atoms with Crippen LogP contribution in [0.5, 0.6) is 0 Å². The molecule has 0 fully saturated rings. The minimum absolute atomic E-state index is 0.125. The average molecular weight is 383 g/mol. The van der Waals surface area contributed by atoms with Crippen molar-refractivity contribution in [3.63, 3.8) is 0 Å². The van der Waals surface area contributed by atoms with Gasteiger partial charge in [0.2, 0.25) is 0 Å². The first-order valence-corrected chi connectivity index (χ1v) is 8.56. The lowest BCUT2D eigenvalue weighted by molar-refractivity contribution is 0.202. The quantitative estimate of drug-likeness (QED) is 0.831. The molecule has 2 aromatic rings. The number of anilines is 1. The van der Waals surface area contributed by atoms with E-state index in [4.69, 9.17) is 0 Å². The Morgan fingerprint density at radius 3 is 2.59 bits per heavy atom. The molecule has 0 unspecified atom stereocenters. The van der Waals surface area contributed by atoms with Crippen molar-refractivity contribution in [1.29, 1.82) is 0 Å². The zero-order chi connectivity index (χ0) is 15.9. The molecule has 7 heteroatoms. The van der Waals surface area contributed by atoms with Crippen molar-refractivity contribution in [2.24, 2.45) is 0 Å². The second-order valence-corrected chi connectivity index (χ2v) is 6.93. The lowest BCUT2D eigenvalue weighted by atomic mass is 10.2. The summed E-state index contributed by atoms with van der Waals surface area (Å²) in [4.78, 5) is 20.4. The monoisotopic (exact) mass is 382 g/mol. The molecule has 1 aromatic heterocycles. The van der Waals surface area contributed by atoms with E-state index >= 15 is 0 Å². The van der Waals surface area contributed by atoms with E-state index in [2.05, 4.69) is 31.1 Å². The first-order chi connectivity index (χ1) is 10.5. The minimum atomic E-state index is -0.125. The third kappa shape index (κ3) is 5.40. The standard InChI is InChI=1S/C15H19BrN4OS/c1-19(2)8-9-20(11-12-3-5-13(16)6-4-12)15(21)18-14-17-7-10-22-14/h3-7,10H,8-9,11H2,1-2H3,(H,17,18,21). The number of amides is 2. The summed E-state index contributed by atoms with van der Waals surface area (Å²) in [5.74, 6) is 0. The first kappa shape index (κ1) is 16.9. The molecule has 118 valence electrons. The Morgan fingerprint density at radius 2 is 2.00 bits per heavy atom. The molecule has 0 spiro atoms. The van der Waals surface area contributed by atoms with Crippen LogP contribution in [0.1, 0.15) is 5.56 Å². The highest BCUT2D eigenvalue weighted by Gasteiger charge is 2.15. The number of aromatic nitrogens is 1. The first-order valence-electron chi connectivity index (χ1n) is 6.89.